The van der Waals surface area contributed by atoms with Crippen molar-refractivity contribution in [1.29, 1.82) is 0 Å². The highest BCUT2D eigenvalue weighted by molar-refractivity contribution is 6.06. The third kappa shape index (κ3) is 2.75. The van der Waals surface area contributed by atoms with E-state index in [1.807, 2.05) is 54.8 Å². The summed E-state index contributed by atoms with van der Waals surface area (Å²) in [7, 11) is 0. The summed E-state index contributed by atoms with van der Waals surface area (Å²) in [5, 5.41) is 2.94. The van der Waals surface area contributed by atoms with Gasteiger partial charge in [0.05, 0.1) is 17.4 Å². The van der Waals surface area contributed by atoms with Gasteiger partial charge in [-0.05, 0) is 50.2 Å². The first-order chi connectivity index (χ1) is 12.5. The third-order valence-corrected chi connectivity index (χ3v) is 4.33. The molecule has 0 radical (unpaired) electrons. The Morgan fingerprint density at radius 3 is 2.77 bits per heavy atom. The number of hydrogen-bond donors (Lipinski definition) is 1. The van der Waals surface area contributed by atoms with Gasteiger partial charge in [-0.1, -0.05) is 0 Å². The van der Waals surface area contributed by atoms with Crippen LogP contribution in [0.4, 0.5) is 5.69 Å². The molecule has 0 saturated carbocycles. The number of rotatable bonds is 3. The van der Waals surface area contributed by atoms with Gasteiger partial charge in [0.1, 0.15) is 5.52 Å². The molecule has 3 aromatic heterocycles. The lowest BCUT2D eigenvalue weighted by molar-refractivity contribution is 0.102. The van der Waals surface area contributed by atoms with Gasteiger partial charge in [0.25, 0.3) is 5.91 Å². The summed E-state index contributed by atoms with van der Waals surface area (Å²) in [4.78, 5) is 21.2. The summed E-state index contributed by atoms with van der Waals surface area (Å²) in [5.74, 6) is 0.441. The monoisotopic (exact) mass is 346 g/mol. The van der Waals surface area contributed by atoms with E-state index >= 15 is 0 Å². The van der Waals surface area contributed by atoms with Crippen LogP contribution >= 0.6 is 0 Å². The van der Waals surface area contributed by atoms with Crippen molar-refractivity contribution in [2.24, 2.45) is 0 Å². The van der Waals surface area contributed by atoms with Crippen molar-refractivity contribution in [2.45, 2.75) is 20.8 Å². The predicted molar refractivity (Wildman–Crippen MR) is 99.7 cm³/mol. The molecule has 3 heterocycles. The predicted octanol–water partition coefficient (Wildman–Crippen LogP) is 4.19. The SMILES string of the molecule is Cc1nc2cc(NC(=O)c3cc(C)n(-c4cccnc4)c3C)ccc2o1. The van der Waals surface area contributed by atoms with Crippen molar-refractivity contribution in [1.82, 2.24) is 14.5 Å². The number of nitrogens with one attached hydrogen (secondary N) is 1. The lowest BCUT2D eigenvalue weighted by Gasteiger charge is -2.09. The van der Waals surface area contributed by atoms with Gasteiger partial charge in [-0.25, -0.2) is 4.98 Å². The summed E-state index contributed by atoms with van der Waals surface area (Å²) in [5.41, 5.74) is 5.51. The van der Waals surface area contributed by atoms with E-state index in [0.717, 1.165) is 22.6 Å². The second-order valence-electron chi connectivity index (χ2n) is 6.20. The van der Waals surface area contributed by atoms with Crippen molar-refractivity contribution < 1.29 is 9.21 Å². The zero-order valence-electron chi connectivity index (χ0n) is 14.8. The average molecular weight is 346 g/mol. The van der Waals surface area contributed by atoms with Crippen LogP contribution < -0.4 is 5.32 Å². The fourth-order valence-electron chi connectivity index (χ4n) is 3.19. The molecule has 0 aliphatic carbocycles. The molecular formula is C20H18N4O2. The maximum Gasteiger partial charge on any atom is 0.257 e. The minimum atomic E-state index is -0.159. The molecule has 0 unspecified atom stereocenters. The number of hydrogen-bond acceptors (Lipinski definition) is 4. The summed E-state index contributed by atoms with van der Waals surface area (Å²) < 4.78 is 7.49. The number of nitrogens with zero attached hydrogens (tertiary/aromatic N) is 3. The van der Waals surface area contributed by atoms with Crippen molar-refractivity contribution in [2.75, 3.05) is 5.32 Å². The average Bonchev–Trinajstić information content (AvgIpc) is 3.13. The fourth-order valence-corrected chi connectivity index (χ4v) is 3.19. The quantitative estimate of drug-likeness (QED) is 0.604. The maximum absolute atomic E-state index is 12.8. The summed E-state index contributed by atoms with van der Waals surface area (Å²) >= 11 is 0. The van der Waals surface area contributed by atoms with Crippen LogP contribution in [-0.2, 0) is 0 Å². The molecule has 6 nitrogen and oxygen atoms in total. The van der Waals surface area contributed by atoms with Gasteiger partial charge in [-0.2, -0.15) is 0 Å². The Bertz CT molecular complexity index is 1110. The van der Waals surface area contributed by atoms with Crippen LogP contribution in [0.1, 0.15) is 27.6 Å². The minimum absolute atomic E-state index is 0.159. The largest absolute Gasteiger partial charge is 0.441 e. The number of pyridine rings is 1. The molecule has 0 fully saturated rings. The van der Waals surface area contributed by atoms with E-state index in [1.54, 1.807) is 19.3 Å². The third-order valence-electron chi connectivity index (χ3n) is 4.33. The van der Waals surface area contributed by atoms with Gasteiger partial charge in [-0.15, -0.1) is 0 Å². The van der Waals surface area contributed by atoms with Crippen LogP contribution in [0.5, 0.6) is 0 Å². The second kappa shape index (κ2) is 6.15. The molecule has 1 aromatic carbocycles. The Balaban J connectivity index is 1.65. The lowest BCUT2D eigenvalue weighted by Crippen LogP contribution is -2.13. The molecule has 4 aromatic rings. The van der Waals surface area contributed by atoms with Gasteiger partial charge in [-0.3, -0.25) is 9.78 Å². The normalized spacial score (nSPS) is 11.0. The van der Waals surface area contributed by atoms with Crippen LogP contribution in [-0.4, -0.2) is 20.4 Å². The smallest absolute Gasteiger partial charge is 0.257 e. The van der Waals surface area contributed by atoms with Gasteiger partial charge in [0, 0.05) is 30.2 Å². The fraction of sp³-hybridized carbons (Fsp3) is 0.150. The standard InChI is InChI=1S/C20H18N4O2/c1-12-9-17(13(2)24(12)16-5-4-8-21-11-16)20(25)23-15-6-7-19-18(10-15)22-14(3)26-19/h4-11H,1-3H3,(H,23,25). The Hall–Kier alpha value is -3.41. The number of benzene rings is 1. The number of carbonyl (C=O) groups is 1. The molecule has 1 N–H and O–H groups in total. The molecule has 4 rings (SSSR count). The highest BCUT2D eigenvalue weighted by Crippen LogP contribution is 2.23. The van der Waals surface area contributed by atoms with E-state index in [0.29, 0.717) is 22.7 Å². The maximum atomic E-state index is 12.8. The molecule has 0 saturated heterocycles. The number of fused-ring (bicyclic) bond motifs is 1. The van der Waals surface area contributed by atoms with Crippen LogP contribution in [0.15, 0.2) is 53.2 Å². The van der Waals surface area contributed by atoms with Crippen molar-refractivity contribution in [3.63, 3.8) is 0 Å². The summed E-state index contributed by atoms with van der Waals surface area (Å²) in [6, 6.07) is 11.2. The molecule has 0 bridgehead atoms. The number of carbonyl (C=O) groups excluding carboxylic acids is 1. The Morgan fingerprint density at radius 2 is 2.00 bits per heavy atom. The number of aryl methyl sites for hydroxylation is 2. The number of oxazole rings is 1. The summed E-state index contributed by atoms with van der Waals surface area (Å²) in [6.45, 7) is 5.70. The van der Waals surface area contributed by atoms with Crippen molar-refractivity contribution in [3.05, 3.63) is 71.6 Å². The topological polar surface area (TPSA) is 73.0 Å². The van der Waals surface area contributed by atoms with E-state index in [1.165, 1.54) is 0 Å². The molecule has 0 aliphatic heterocycles. The Morgan fingerprint density at radius 1 is 1.15 bits per heavy atom. The first-order valence-electron chi connectivity index (χ1n) is 8.31. The number of anilines is 1. The zero-order valence-corrected chi connectivity index (χ0v) is 14.8. The van der Waals surface area contributed by atoms with E-state index in [9.17, 15) is 4.79 Å². The van der Waals surface area contributed by atoms with Gasteiger partial charge < -0.3 is 14.3 Å². The molecule has 0 atom stereocenters. The van der Waals surface area contributed by atoms with E-state index < -0.39 is 0 Å². The first-order valence-corrected chi connectivity index (χ1v) is 8.31. The highest BCUT2D eigenvalue weighted by Gasteiger charge is 2.17. The van der Waals surface area contributed by atoms with Crippen LogP contribution in [0, 0.1) is 20.8 Å². The van der Waals surface area contributed by atoms with E-state index in [4.69, 9.17) is 4.42 Å². The Kier molecular flexibility index (Phi) is 3.80. The van der Waals surface area contributed by atoms with Crippen LogP contribution in [0.3, 0.4) is 0 Å². The number of amides is 1. The zero-order chi connectivity index (χ0) is 18.3. The molecular weight excluding hydrogens is 328 g/mol. The Labute approximate surface area is 150 Å². The van der Waals surface area contributed by atoms with Gasteiger partial charge in [0.15, 0.2) is 11.5 Å². The second-order valence-corrected chi connectivity index (χ2v) is 6.20. The number of aromatic nitrogens is 3. The molecule has 0 spiro atoms. The van der Waals surface area contributed by atoms with Gasteiger partial charge >= 0.3 is 0 Å². The summed E-state index contributed by atoms with van der Waals surface area (Å²) in [6.07, 6.45) is 3.51. The van der Waals surface area contributed by atoms with E-state index in [-0.39, 0.29) is 5.91 Å². The molecule has 1 amide bonds. The van der Waals surface area contributed by atoms with Crippen LogP contribution in [0.25, 0.3) is 16.8 Å². The van der Waals surface area contributed by atoms with Gasteiger partial charge in [0.2, 0.25) is 0 Å². The molecule has 130 valence electrons. The molecule has 26 heavy (non-hydrogen) atoms. The van der Waals surface area contributed by atoms with Crippen molar-refractivity contribution in [3.8, 4) is 5.69 Å². The molecule has 0 aliphatic rings. The lowest BCUT2D eigenvalue weighted by atomic mass is 10.2. The van der Waals surface area contributed by atoms with Crippen molar-refractivity contribution >= 4 is 22.7 Å². The van der Waals surface area contributed by atoms with Crippen LogP contribution in [0.2, 0.25) is 0 Å². The molecule has 6 heteroatoms. The minimum Gasteiger partial charge on any atom is -0.441 e. The van der Waals surface area contributed by atoms with E-state index in [2.05, 4.69) is 15.3 Å². The highest BCUT2D eigenvalue weighted by atomic mass is 16.3. The first kappa shape index (κ1) is 16.1.